The molecule has 0 heterocycles. The van der Waals surface area contributed by atoms with E-state index < -0.39 is 12.1 Å². The molecule has 0 saturated carbocycles. The van der Waals surface area contributed by atoms with Gasteiger partial charge in [0, 0.05) is 12.8 Å². The minimum Gasteiger partial charge on any atom is -0.466 e. The molecule has 0 rings (SSSR count). The minimum absolute atomic E-state index is 0.00739. The molecule has 0 radical (unpaired) electrons. The molecule has 0 aliphatic heterocycles. The average Bonchev–Trinajstić information content (AvgIpc) is 3.39. The number of amides is 1. The predicted octanol–water partition coefficient (Wildman–Crippen LogP) is 20.3. The van der Waals surface area contributed by atoms with E-state index in [-0.39, 0.29) is 18.5 Å². The number of rotatable bonds is 59. The van der Waals surface area contributed by atoms with Gasteiger partial charge in [-0.25, -0.2) is 0 Å². The quantitative estimate of drug-likeness (QED) is 0.0320. The number of aliphatic hydroxyl groups excluding tert-OH is 2. The van der Waals surface area contributed by atoms with Crippen molar-refractivity contribution in [2.75, 3.05) is 13.2 Å². The summed E-state index contributed by atoms with van der Waals surface area (Å²) in [5.41, 5.74) is 0. The number of esters is 1. The summed E-state index contributed by atoms with van der Waals surface area (Å²) in [5.74, 6) is -0.0852. The van der Waals surface area contributed by atoms with Crippen LogP contribution in [0.3, 0.4) is 0 Å². The van der Waals surface area contributed by atoms with Gasteiger partial charge < -0.3 is 20.3 Å². The smallest absolute Gasteiger partial charge is 0.305 e. The van der Waals surface area contributed by atoms with Gasteiger partial charge >= 0.3 is 5.97 Å². The van der Waals surface area contributed by atoms with Gasteiger partial charge in [-0.1, -0.05) is 280 Å². The largest absolute Gasteiger partial charge is 0.466 e. The van der Waals surface area contributed by atoms with Crippen molar-refractivity contribution < 1.29 is 24.5 Å². The second kappa shape index (κ2) is 62.1. The zero-order chi connectivity index (χ0) is 52.9. The van der Waals surface area contributed by atoms with Crippen molar-refractivity contribution >= 4 is 11.9 Å². The summed E-state index contributed by atoms with van der Waals surface area (Å²) in [6.07, 6.45) is 81.2. The molecule has 1 amide bonds. The Morgan fingerprint density at radius 2 is 0.685 bits per heavy atom. The first-order chi connectivity index (χ1) is 36.0. The highest BCUT2D eigenvalue weighted by molar-refractivity contribution is 5.76. The highest BCUT2D eigenvalue weighted by Gasteiger charge is 2.18. The molecule has 0 aromatic heterocycles. The minimum atomic E-state index is -0.853. The number of carbonyl (C=O) groups excluding carboxylic acids is 2. The molecule has 0 aliphatic carbocycles. The molecule has 73 heavy (non-hydrogen) atoms. The maximum Gasteiger partial charge on any atom is 0.305 e. The number of unbranched alkanes of at least 4 members (excludes halogenated alkanes) is 40. The van der Waals surface area contributed by atoms with Crippen molar-refractivity contribution in [3.05, 3.63) is 60.8 Å². The fourth-order valence-corrected chi connectivity index (χ4v) is 9.58. The summed E-state index contributed by atoms with van der Waals surface area (Å²) in [6.45, 7) is 4.88. The zero-order valence-corrected chi connectivity index (χ0v) is 48.6. The normalized spacial score (nSPS) is 13.0. The van der Waals surface area contributed by atoms with Crippen molar-refractivity contribution in [3.8, 4) is 0 Å². The van der Waals surface area contributed by atoms with Gasteiger partial charge in [0.1, 0.15) is 0 Å². The molecular formula is C67H123NO5. The number of carbonyl (C=O) groups is 2. The van der Waals surface area contributed by atoms with E-state index in [1.165, 1.54) is 231 Å². The number of allylic oxidation sites excluding steroid dienone is 9. The maximum atomic E-state index is 12.5. The van der Waals surface area contributed by atoms with Crippen LogP contribution in [0.5, 0.6) is 0 Å². The molecule has 0 aromatic carbocycles. The number of ether oxygens (including phenoxy) is 1. The molecule has 6 heteroatoms. The third-order valence-electron chi connectivity index (χ3n) is 14.5. The Labute approximate surface area is 454 Å². The summed E-state index contributed by atoms with van der Waals surface area (Å²) in [4.78, 5) is 24.5. The summed E-state index contributed by atoms with van der Waals surface area (Å²) in [7, 11) is 0. The van der Waals surface area contributed by atoms with Gasteiger partial charge in [0.2, 0.25) is 5.91 Å². The lowest BCUT2D eigenvalue weighted by Gasteiger charge is -2.20. The van der Waals surface area contributed by atoms with E-state index in [9.17, 15) is 19.8 Å². The number of hydrogen-bond donors (Lipinski definition) is 3. The first kappa shape index (κ1) is 70.6. The molecule has 0 saturated heterocycles. The Balaban J connectivity index is 3.49. The van der Waals surface area contributed by atoms with Gasteiger partial charge in [-0.3, -0.25) is 9.59 Å². The summed E-state index contributed by atoms with van der Waals surface area (Å²) in [5, 5.41) is 23.2. The van der Waals surface area contributed by atoms with Crippen molar-refractivity contribution in [2.45, 2.75) is 341 Å². The zero-order valence-electron chi connectivity index (χ0n) is 48.6. The highest BCUT2D eigenvalue weighted by Crippen LogP contribution is 2.16. The Hall–Kier alpha value is -2.44. The van der Waals surface area contributed by atoms with Crippen LogP contribution in [0.1, 0.15) is 328 Å². The van der Waals surface area contributed by atoms with E-state index in [0.29, 0.717) is 19.4 Å². The van der Waals surface area contributed by atoms with E-state index in [4.69, 9.17) is 4.74 Å². The van der Waals surface area contributed by atoms with E-state index >= 15 is 0 Å². The van der Waals surface area contributed by atoms with Crippen LogP contribution in [0, 0.1) is 0 Å². The van der Waals surface area contributed by atoms with E-state index in [0.717, 1.165) is 70.6 Å². The summed E-state index contributed by atoms with van der Waals surface area (Å²) >= 11 is 0. The van der Waals surface area contributed by atoms with Gasteiger partial charge in [-0.2, -0.15) is 0 Å². The van der Waals surface area contributed by atoms with Gasteiger partial charge in [0.25, 0.3) is 0 Å². The number of nitrogens with one attached hydrogen (secondary N) is 1. The SMILES string of the molecule is CCCCCC/C=C\C/C=C\CCCCCCCC(=O)OCCCCCCCCCCC/C=C\C/C=C\CCCCCCCCCC(=O)NC(CO)C(O)/C=C/CCCCCCCCCCCCCCCCC. The molecule has 2 unspecified atom stereocenters. The number of hydrogen-bond acceptors (Lipinski definition) is 5. The molecule has 2 atom stereocenters. The van der Waals surface area contributed by atoms with Gasteiger partial charge in [-0.15, -0.1) is 0 Å². The van der Waals surface area contributed by atoms with Crippen LogP contribution >= 0.6 is 0 Å². The lowest BCUT2D eigenvalue weighted by molar-refractivity contribution is -0.143. The first-order valence-electron chi connectivity index (χ1n) is 32.1. The van der Waals surface area contributed by atoms with Crippen LogP contribution in [0.4, 0.5) is 0 Å². The second-order valence-corrected chi connectivity index (χ2v) is 21.7. The monoisotopic (exact) mass is 1020 g/mol. The Bertz CT molecular complexity index is 1270. The van der Waals surface area contributed by atoms with E-state index in [1.807, 2.05) is 6.08 Å². The summed E-state index contributed by atoms with van der Waals surface area (Å²) in [6, 6.07) is -0.637. The van der Waals surface area contributed by atoms with Crippen molar-refractivity contribution in [1.29, 1.82) is 0 Å². The van der Waals surface area contributed by atoms with Gasteiger partial charge in [0.05, 0.1) is 25.4 Å². The van der Waals surface area contributed by atoms with Crippen LogP contribution in [-0.2, 0) is 14.3 Å². The van der Waals surface area contributed by atoms with Crippen LogP contribution in [0.15, 0.2) is 60.8 Å². The Morgan fingerprint density at radius 3 is 1.05 bits per heavy atom. The van der Waals surface area contributed by atoms with Crippen molar-refractivity contribution in [1.82, 2.24) is 5.32 Å². The molecule has 6 nitrogen and oxygen atoms in total. The molecule has 426 valence electrons. The Kier molecular flexibility index (Phi) is 60.0. The van der Waals surface area contributed by atoms with Crippen molar-refractivity contribution in [3.63, 3.8) is 0 Å². The molecule has 3 N–H and O–H groups in total. The number of aliphatic hydroxyl groups is 2. The fraction of sp³-hybridized carbons (Fsp3) is 0.821. The molecule has 0 spiro atoms. The van der Waals surface area contributed by atoms with E-state index in [2.05, 4.69) is 67.8 Å². The van der Waals surface area contributed by atoms with Crippen LogP contribution < -0.4 is 5.32 Å². The van der Waals surface area contributed by atoms with Crippen LogP contribution in [-0.4, -0.2) is 47.4 Å². The lowest BCUT2D eigenvalue weighted by atomic mass is 10.0. The van der Waals surface area contributed by atoms with Gasteiger partial charge in [-0.05, 0) is 96.3 Å². The highest BCUT2D eigenvalue weighted by atomic mass is 16.5. The second-order valence-electron chi connectivity index (χ2n) is 21.7. The molecule has 0 fully saturated rings. The van der Waals surface area contributed by atoms with Crippen LogP contribution in [0.2, 0.25) is 0 Å². The standard InChI is InChI=1S/C67H123NO5/c1-3-5-7-9-11-13-15-17-19-28-31-35-39-43-47-51-55-59-65(70)64(63-69)68-66(71)60-56-52-48-44-40-36-32-29-26-24-22-21-23-25-27-30-34-38-42-46-50-54-58-62-73-67(72)61-57-53-49-45-41-37-33-20-18-16-14-12-10-8-6-4-2/h14,16,20-21,23-24,26,33,55,59,64-65,69-70H,3-13,15,17-19,22,25,27-32,34-54,56-58,60-63H2,1-2H3,(H,68,71)/b16-14-,23-21-,26-24-,33-20-,59-55+. The van der Waals surface area contributed by atoms with E-state index in [1.54, 1.807) is 6.08 Å². The fourth-order valence-electron chi connectivity index (χ4n) is 9.58. The molecule has 0 aliphatic rings. The average molecular weight is 1020 g/mol. The molecule has 0 bridgehead atoms. The van der Waals surface area contributed by atoms with Crippen LogP contribution in [0.25, 0.3) is 0 Å². The summed E-state index contributed by atoms with van der Waals surface area (Å²) < 4.78 is 5.48. The first-order valence-corrected chi connectivity index (χ1v) is 32.1. The molecular weight excluding hydrogens is 899 g/mol. The third kappa shape index (κ3) is 58.7. The molecule has 0 aromatic rings. The maximum absolute atomic E-state index is 12.5. The Morgan fingerprint density at radius 1 is 0.384 bits per heavy atom. The van der Waals surface area contributed by atoms with Crippen molar-refractivity contribution in [2.24, 2.45) is 0 Å². The predicted molar refractivity (Wildman–Crippen MR) is 319 cm³/mol. The van der Waals surface area contributed by atoms with Gasteiger partial charge in [0.15, 0.2) is 0 Å². The third-order valence-corrected chi connectivity index (χ3v) is 14.5. The topological polar surface area (TPSA) is 95.9 Å². The lowest BCUT2D eigenvalue weighted by Crippen LogP contribution is -2.45.